The van der Waals surface area contributed by atoms with Gasteiger partial charge < -0.3 is 10.6 Å². The molecule has 4 nitrogen and oxygen atoms in total. The third-order valence-electron chi connectivity index (χ3n) is 3.51. The van der Waals surface area contributed by atoms with E-state index >= 15 is 0 Å². The van der Waals surface area contributed by atoms with Crippen molar-refractivity contribution in [2.45, 2.75) is 26.4 Å². The minimum Gasteiger partial charge on any atom is -0.355 e. The highest BCUT2D eigenvalue weighted by molar-refractivity contribution is 5.82. The number of hydrogen-bond donors (Lipinski definition) is 2. The molecule has 2 N–H and O–H groups in total. The number of aryl methyl sites for hydroxylation is 1. The molecule has 0 saturated carbocycles. The van der Waals surface area contributed by atoms with Gasteiger partial charge in [0.2, 0.25) is 5.91 Å². The van der Waals surface area contributed by atoms with E-state index in [1.165, 1.54) is 11.1 Å². The maximum Gasteiger partial charge on any atom is 0.238 e. The molecule has 0 aromatic heterocycles. The lowest BCUT2D eigenvalue weighted by Crippen LogP contribution is -2.57. The van der Waals surface area contributed by atoms with Crippen LogP contribution >= 0.6 is 0 Å². The quantitative estimate of drug-likeness (QED) is 0.846. The van der Waals surface area contributed by atoms with Gasteiger partial charge in [0.1, 0.15) is 6.04 Å². The summed E-state index contributed by atoms with van der Waals surface area (Å²) in [6.45, 7) is 8.16. The molecule has 1 aliphatic heterocycles. The van der Waals surface area contributed by atoms with Gasteiger partial charge in [-0.15, -0.1) is 0 Å². The molecule has 1 fully saturated rings. The normalized spacial score (nSPS) is 20.2. The number of benzene rings is 1. The summed E-state index contributed by atoms with van der Waals surface area (Å²) in [6, 6.07) is 8.48. The molecule has 1 atom stereocenters. The molecule has 1 aliphatic rings. The summed E-state index contributed by atoms with van der Waals surface area (Å²) in [5.41, 5.74) is 2.53. The summed E-state index contributed by atoms with van der Waals surface area (Å²) in [4.78, 5) is 14.3. The van der Waals surface area contributed by atoms with Gasteiger partial charge in [0, 0.05) is 32.7 Å². The van der Waals surface area contributed by atoms with Crippen molar-refractivity contribution in [3.05, 3.63) is 35.4 Å². The minimum atomic E-state index is -0.0602. The van der Waals surface area contributed by atoms with Gasteiger partial charge in [0.25, 0.3) is 0 Å². The van der Waals surface area contributed by atoms with Crippen molar-refractivity contribution < 1.29 is 4.79 Å². The number of piperazine rings is 1. The van der Waals surface area contributed by atoms with Crippen LogP contribution in [0.2, 0.25) is 0 Å². The number of carbonyl (C=O) groups excluding carboxylic acids is 1. The largest absolute Gasteiger partial charge is 0.355 e. The number of amides is 1. The highest BCUT2D eigenvalue weighted by atomic mass is 16.2. The molecule has 0 spiro atoms. The lowest BCUT2D eigenvalue weighted by atomic mass is 10.1. The van der Waals surface area contributed by atoms with Gasteiger partial charge in [-0.25, -0.2) is 0 Å². The number of hydrogen-bond acceptors (Lipinski definition) is 3. The van der Waals surface area contributed by atoms with E-state index in [9.17, 15) is 4.79 Å². The molecule has 1 aromatic rings. The number of nitrogens with zero attached hydrogens (tertiary/aromatic N) is 1. The van der Waals surface area contributed by atoms with E-state index in [1.54, 1.807) is 0 Å². The third kappa shape index (κ3) is 3.78. The van der Waals surface area contributed by atoms with Crippen LogP contribution in [0, 0.1) is 6.92 Å². The Hall–Kier alpha value is -1.39. The number of nitrogens with one attached hydrogen (secondary N) is 2. The van der Waals surface area contributed by atoms with Crippen LogP contribution in [0.1, 0.15) is 18.1 Å². The number of rotatable bonds is 4. The molecular formula is C15H23N3O. The van der Waals surface area contributed by atoms with E-state index in [4.69, 9.17) is 0 Å². The fraction of sp³-hybridized carbons (Fsp3) is 0.533. The van der Waals surface area contributed by atoms with Gasteiger partial charge in [0.05, 0.1) is 0 Å². The maximum absolute atomic E-state index is 12.1. The van der Waals surface area contributed by atoms with Gasteiger partial charge >= 0.3 is 0 Å². The summed E-state index contributed by atoms with van der Waals surface area (Å²) in [7, 11) is 0. The summed E-state index contributed by atoms with van der Waals surface area (Å²) in [5, 5.41) is 6.22. The molecule has 0 bridgehead atoms. The van der Waals surface area contributed by atoms with Gasteiger partial charge in [-0.2, -0.15) is 0 Å². The first-order valence-corrected chi connectivity index (χ1v) is 6.98. The zero-order valence-electron chi connectivity index (χ0n) is 11.8. The topological polar surface area (TPSA) is 44.4 Å². The second-order valence-electron chi connectivity index (χ2n) is 5.07. The van der Waals surface area contributed by atoms with Crippen LogP contribution in [0.15, 0.2) is 24.3 Å². The zero-order valence-corrected chi connectivity index (χ0v) is 11.8. The molecule has 1 aromatic carbocycles. The standard InChI is InChI=1S/C15H23N3O/c1-3-17-15(19)14-10-16-8-9-18(14)11-13-6-4-12(2)5-7-13/h4-7,14,16H,3,8-11H2,1-2H3,(H,17,19). The Morgan fingerprint density at radius 2 is 2.16 bits per heavy atom. The molecule has 4 heteroatoms. The van der Waals surface area contributed by atoms with Crippen LogP contribution in [0.4, 0.5) is 0 Å². The Bertz CT molecular complexity index is 416. The first-order chi connectivity index (χ1) is 9.20. The predicted molar refractivity (Wildman–Crippen MR) is 76.9 cm³/mol. The lowest BCUT2D eigenvalue weighted by Gasteiger charge is -2.35. The van der Waals surface area contributed by atoms with Crippen molar-refractivity contribution in [3.63, 3.8) is 0 Å². The molecule has 2 rings (SSSR count). The smallest absolute Gasteiger partial charge is 0.238 e. The van der Waals surface area contributed by atoms with Crippen molar-refractivity contribution in [1.29, 1.82) is 0 Å². The van der Waals surface area contributed by atoms with Gasteiger partial charge in [-0.1, -0.05) is 29.8 Å². The Kier molecular flexibility index (Phi) is 4.93. The Labute approximate surface area is 115 Å². The number of carbonyl (C=O) groups is 1. The SMILES string of the molecule is CCNC(=O)C1CNCCN1Cc1ccc(C)cc1. The fourth-order valence-electron chi connectivity index (χ4n) is 2.41. The van der Waals surface area contributed by atoms with Crippen molar-refractivity contribution in [2.75, 3.05) is 26.2 Å². The molecule has 0 aliphatic carbocycles. The van der Waals surface area contributed by atoms with E-state index in [0.29, 0.717) is 6.54 Å². The van der Waals surface area contributed by atoms with Crippen molar-refractivity contribution in [2.24, 2.45) is 0 Å². The molecule has 1 amide bonds. The van der Waals surface area contributed by atoms with Gasteiger partial charge in [-0.3, -0.25) is 9.69 Å². The van der Waals surface area contributed by atoms with Crippen LogP contribution in [-0.2, 0) is 11.3 Å². The molecule has 104 valence electrons. The van der Waals surface area contributed by atoms with Crippen LogP contribution in [0.25, 0.3) is 0 Å². The zero-order chi connectivity index (χ0) is 13.7. The molecule has 1 heterocycles. The summed E-state index contributed by atoms with van der Waals surface area (Å²) in [6.07, 6.45) is 0. The van der Waals surface area contributed by atoms with E-state index in [0.717, 1.165) is 26.2 Å². The van der Waals surface area contributed by atoms with Crippen LogP contribution in [0.3, 0.4) is 0 Å². The minimum absolute atomic E-state index is 0.0602. The number of likely N-dealkylation sites (N-methyl/N-ethyl adjacent to an activating group) is 1. The Morgan fingerprint density at radius 1 is 1.42 bits per heavy atom. The average molecular weight is 261 g/mol. The van der Waals surface area contributed by atoms with Crippen molar-refractivity contribution in [3.8, 4) is 0 Å². The average Bonchev–Trinajstić information content (AvgIpc) is 2.42. The first-order valence-electron chi connectivity index (χ1n) is 6.98. The Balaban J connectivity index is 2.03. The lowest BCUT2D eigenvalue weighted by molar-refractivity contribution is -0.127. The second kappa shape index (κ2) is 6.68. The maximum atomic E-state index is 12.1. The van der Waals surface area contributed by atoms with E-state index in [-0.39, 0.29) is 11.9 Å². The van der Waals surface area contributed by atoms with Crippen LogP contribution in [0.5, 0.6) is 0 Å². The van der Waals surface area contributed by atoms with Crippen molar-refractivity contribution in [1.82, 2.24) is 15.5 Å². The predicted octanol–water partition coefficient (Wildman–Crippen LogP) is 0.905. The van der Waals surface area contributed by atoms with E-state index in [2.05, 4.69) is 46.7 Å². The van der Waals surface area contributed by atoms with E-state index < -0.39 is 0 Å². The molecule has 19 heavy (non-hydrogen) atoms. The van der Waals surface area contributed by atoms with Crippen LogP contribution < -0.4 is 10.6 Å². The summed E-state index contributed by atoms with van der Waals surface area (Å²) < 4.78 is 0. The molecular weight excluding hydrogens is 238 g/mol. The van der Waals surface area contributed by atoms with Crippen LogP contribution in [-0.4, -0.2) is 43.0 Å². The first kappa shape index (κ1) is 14.0. The highest BCUT2D eigenvalue weighted by Gasteiger charge is 2.27. The van der Waals surface area contributed by atoms with Gasteiger partial charge in [-0.05, 0) is 19.4 Å². The third-order valence-corrected chi connectivity index (χ3v) is 3.51. The molecule has 0 radical (unpaired) electrons. The monoisotopic (exact) mass is 261 g/mol. The highest BCUT2D eigenvalue weighted by Crippen LogP contribution is 2.11. The van der Waals surface area contributed by atoms with Gasteiger partial charge in [0.15, 0.2) is 0 Å². The second-order valence-corrected chi connectivity index (χ2v) is 5.07. The molecule has 1 unspecified atom stereocenters. The van der Waals surface area contributed by atoms with Crippen molar-refractivity contribution >= 4 is 5.91 Å². The Morgan fingerprint density at radius 3 is 2.84 bits per heavy atom. The molecule has 1 saturated heterocycles. The fourth-order valence-corrected chi connectivity index (χ4v) is 2.41. The van der Waals surface area contributed by atoms with E-state index in [1.807, 2.05) is 6.92 Å². The summed E-state index contributed by atoms with van der Waals surface area (Å²) in [5.74, 6) is 0.127. The summed E-state index contributed by atoms with van der Waals surface area (Å²) >= 11 is 0.